The Morgan fingerprint density at radius 2 is 2.10 bits per heavy atom. The molecule has 3 heterocycles. The molecule has 2 N–H and O–H groups in total. The van der Waals surface area contributed by atoms with Gasteiger partial charge in [-0.2, -0.15) is 4.98 Å². The molecule has 0 amide bonds. The normalized spacial score (nSPS) is 19.5. The fourth-order valence-electron chi connectivity index (χ4n) is 4.18. The SMILES string of the molecule is Cn1nnc2ccc(-c3c[nH]c4nc(NC5CCC(OCC(F)F)CC5)ncc34)cc21. The second-order valence-electron chi connectivity index (χ2n) is 7.92. The Bertz CT molecular complexity index is 1200. The van der Waals surface area contributed by atoms with E-state index in [2.05, 4.69) is 36.6 Å². The molecule has 1 fully saturated rings. The summed E-state index contributed by atoms with van der Waals surface area (Å²) in [6.45, 7) is -0.484. The van der Waals surface area contributed by atoms with Crippen LogP contribution in [0.25, 0.3) is 33.2 Å². The van der Waals surface area contributed by atoms with Gasteiger partial charge in [-0.25, -0.2) is 18.4 Å². The first-order valence-corrected chi connectivity index (χ1v) is 10.4. The molecule has 0 saturated heterocycles. The molecule has 1 aromatic carbocycles. The van der Waals surface area contributed by atoms with Crippen molar-refractivity contribution >= 4 is 28.0 Å². The minimum absolute atomic E-state index is 0.0895. The molecule has 3 aromatic heterocycles. The second kappa shape index (κ2) is 8.18. The Hall–Kier alpha value is -3.14. The molecule has 4 aromatic rings. The van der Waals surface area contributed by atoms with Crippen molar-refractivity contribution in [1.82, 2.24) is 29.9 Å². The summed E-state index contributed by atoms with van der Waals surface area (Å²) >= 11 is 0. The van der Waals surface area contributed by atoms with Gasteiger partial charge in [0, 0.05) is 36.4 Å². The van der Waals surface area contributed by atoms with Gasteiger partial charge in [-0.3, -0.25) is 0 Å². The number of halogens is 2. The van der Waals surface area contributed by atoms with Crippen LogP contribution in [-0.2, 0) is 11.8 Å². The van der Waals surface area contributed by atoms with Gasteiger partial charge in [-0.05, 0) is 43.4 Å². The standard InChI is InChI=1S/C21H23F2N7O/c1-30-18-8-12(2-7-17(18)28-29-30)15-9-24-20-16(15)10-25-21(27-20)26-13-3-5-14(6-4-13)31-11-19(22)23/h2,7-10,13-14,19H,3-6,11H2,1H3,(H2,24,25,26,27). The number of nitrogens with zero attached hydrogens (tertiary/aromatic N) is 5. The largest absolute Gasteiger partial charge is 0.372 e. The van der Waals surface area contributed by atoms with E-state index in [1.807, 2.05) is 31.6 Å². The van der Waals surface area contributed by atoms with E-state index in [-0.39, 0.29) is 12.1 Å². The number of alkyl halides is 2. The van der Waals surface area contributed by atoms with Gasteiger partial charge >= 0.3 is 0 Å². The van der Waals surface area contributed by atoms with E-state index in [4.69, 9.17) is 4.74 Å². The molecule has 0 spiro atoms. The third-order valence-electron chi connectivity index (χ3n) is 5.82. The highest BCUT2D eigenvalue weighted by atomic mass is 19.3. The first-order chi connectivity index (χ1) is 15.1. The Labute approximate surface area is 177 Å². The van der Waals surface area contributed by atoms with Gasteiger partial charge in [-0.15, -0.1) is 5.10 Å². The lowest BCUT2D eigenvalue weighted by atomic mass is 9.93. The Kier molecular flexibility index (Phi) is 5.23. The van der Waals surface area contributed by atoms with Gasteiger partial charge in [-0.1, -0.05) is 11.3 Å². The highest BCUT2D eigenvalue weighted by Gasteiger charge is 2.23. The van der Waals surface area contributed by atoms with Crippen LogP contribution in [0.2, 0.25) is 0 Å². The van der Waals surface area contributed by atoms with Crippen molar-refractivity contribution in [3.05, 3.63) is 30.6 Å². The van der Waals surface area contributed by atoms with Gasteiger partial charge in [0.25, 0.3) is 6.43 Å². The van der Waals surface area contributed by atoms with Crippen LogP contribution >= 0.6 is 0 Å². The molecule has 0 unspecified atom stereocenters. The average Bonchev–Trinajstić information content (AvgIpc) is 3.36. The fraction of sp³-hybridized carbons (Fsp3) is 0.429. The molecule has 1 aliphatic carbocycles. The van der Waals surface area contributed by atoms with Crippen molar-refractivity contribution < 1.29 is 13.5 Å². The number of rotatable bonds is 6. The van der Waals surface area contributed by atoms with Gasteiger partial charge in [0.1, 0.15) is 17.8 Å². The lowest BCUT2D eigenvalue weighted by Gasteiger charge is -2.29. The minimum Gasteiger partial charge on any atom is -0.372 e. The molecule has 0 radical (unpaired) electrons. The van der Waals surface area contributed by atoms with Crippen LogP contribution in [0.5, 0.6) is 0 Å². The van der Waals surface area contributed by atoms with Crippen LogP contribution in [0.4, 0.5) is 14.7 Å². The summed E-state index contributed by atoms with van der Waals surface area (Å²) in [6, 6.07) is 6.23. The molecule has 1 saturated carbocycles. The minimum atomic E-state index is -2.41. The molecule has 1 aliphatic rings. The first kappa shape index (κ1) is 19.8. The molecule has 162 valence electrons. The van der Waals surface area contributed by atoms with Gasteiger partial charge < -0.3 is 15.0 Å². The van der Waals surface area contributed by atoms with Gasteiger partial charge in [0.2, 0.25) is 5.95 Å². The second-order valence-corrected chi connectivity index (χ2v) is 7.92. The number of ether oxygens (including phenoxy) is 1. The van der Waals surface area contributed by atoms with Crippen molar-refractivity contribution in [2.24, 2.45) is 7.05 Å². The predicted molar refractivity (Wildman–Crippen MR) is 113 cm³/mol. The summed E-state index contributed by atoms with van der Waals surface area (Å²) in [6.07, 6.45) is 4.43. The first-order valence-electron chi connectivity index (χ1n) is 10.4. The molecule has 0 atom stereocenters. The number of aromatic amines is 1. The van der Waals surface area contributed by atoms with E-state index >= 15 is 0 Å². The molecule has 0 bridgehead atoms. The number of nitrogens with one attached hydrogen (secondary N) is 2. The Morgan fingerprint density at radius 3 is 2.90 bits per heavy atom. The summed E-state index contributed by atoms with van der Waals surface area (Å²) in [4.78, 5) is 12.4. The van der Waals surface area contributed by atoms with Crippen molar-refractivity contribution in [1.29, 1.82) is 0 Å². The van der Waals surface area contributed by atoms with E-state index < -0.39 is 13.0 Å². The quantitative estimate of drug-likeness (QED) is 0.485. The smallest absolute Gasteiger partial charge is 0.261 e. The zero-order valence-electron chi connectivity index (χ0n) is 17.1. The number of benzene rings is 1. The monoisotopic (exact) mass is 427 g/mol. The molecular formula is C21H23F2N7O. The zero-order valence-corrected chi connectivity index (χ0v) is 17.1. The average molecular weight is 427 g/mol. The topological polar surface area (TPSA) is 93.5 Å². The summed E-state index contributed by atoms with van der Waals surface area (Å²) in [7, 11) is 1.87. The highest BCUT2D eigenvalue weighted by Crippen LogP contribution is 2.30. The van der Waals surface area contributed by atoms with E-state index in [1.165, 1.54) is 0 Å². The Morgan fingerprint density at radius 1 is 1.26 bits per heavy atom. The third kappa shape index (κ3) is 4.07. The number of H-pyrrole nitrogens is 1. The van der Waals surface area contributed by atoms with Crippen LogP contribution in [0, 0.1) is 0 Å². The molecule has 10 heteroatoms. The summed E-state index contributed by atoms with van der Waals surface area (Å²) in [5, 5.41) is 12.5. The number of hydrogen-bond donors (Lipinski definition) is 2. The lowest BCUT2D eigenvalue weighted by molar-refractivity contribution is -0.0374. The molecule has 31 heavy (non-hydrogen) atoms. The van der Waals surface area contributed by atoms with Crippen molar-refractivity contribution in [2.75, 3.05) is 11.9 Å². The molecule has 5 rings (SSSR count). The van der Waals surface area contributed by atoms with Crippen LogP contribution in [0.1, 0.15) is 25.7 Å². The third-order valence-corrected chi connectivity index (χ3v) is 5.82. The van der Waals surface area contributed by atoms with E-state index in [0.29, 0.717) is 5.95 Å². The number of fused-ring (bicyclic) bond motifs is 2. The van der Waals surface area contributed by atoms with Crippen LogP contribution < -0.4 is 5.32 Å². The zero-order chi connectivity index (χ0) is 21.4. The maximum Gasteiger partial charge on any atom is 0.261 e. The predicted octanol–water partition coefficient (Wildman–Crippen LogP) is 3.91. The summed E-state index contributed by atoms with van der Waals surface area (Å²) < 4.78 is 31.6. The van der Waals surface area contributed by atoms with Crippen molar-refractivity contribution in [2.45, 2.75) is 44.3 Å². The number of aromatic nitrogens is 6. The lowest BCUT2D eigenvalue weighted by Crippen LogP contribution is -2.31. The summed E-state index contributed by atoms with van der Waals surface area (Å²) in [5.41, 5.74) is 4.61. The van der Waals surface area contributed by atoms with Crippen LogP contribution in [-0.4, -0.2) is 55.1 Å². The van der Waals surface area contributed by atoms with E-state index in [0.717, 1.165) is 58.9 Å². The number of aryl methyl sites for hydroxylation is 1. The Balaban J connectivity index is 1.29. The van der Waals surface area contributed by atoms with E-state index in [9.17, 15) is 8.78 Å². The van der Waals surface area contributed by atoms with Crippen LogP contribution in [0.3, 0.4) is 0 Å². The molecule has 8 nitrogen and oxygen atoms in total. The van der Waals surface area contributed by atoms with Crippen molar-refractivity contribution in [3.8, 4) is 11.1 Å². The number of anilines is 1. The van der Waals surface area contributed by atoms with Crippen LogP contribution in [0.15, 0.2) is 30.6 Å². The maximum absolute atomic E-state index is 12.3. The van der Waals surface area contributed by atoms with Crippen molar-refractivity contribution in [3.63, 3.8) is 0 Å². The molecular weight excluding hydrogens is 404 g/mol. The number of hydrogen-bond acceptors (Lipinski definition) is 6. The van der Waals surface area contributed by atoms with E-state index in [1.54, 1.807) is 4.68 Å². The van der Waals surface area contributed by atoms with Gasteiger partial charge in [0.05, 0.1) is 11.6 Å². The fourth-order valence-corrected chi connectivity index (χ4v) is 4.18. The highest BCUT2D eigenvalue weighted by molar-refractivity contribution is 5.95. The summed E-state index contributed by atoms with van der Waals surface area (Å²) in [5.74, 6) is 0.559. The molecule has 0 aliphatic heterocycles. The maximum atomic E-state index is 12.3. The van der Waals surface area contributed by atoms with Gasteiger partial charge in [0.15, 0.2) is 0 Å².